The molecule has 0 radical (unpaired) electrons. The number of alkyl carbamates (subject to hydrolysis) is 1. The topological polar surface area (TPSA) is 92.8 Å². The van der Waals surface area contributed by atoms with Crippen molar-refractivity contribution in [2.75, 3.05) is 16.8 Å². The Morgan fingerprint density at radius 3 is 2.06 bits per heavy atom. The molecule has 2 N–H and O–H groups in total. The number of amides is 2. The molecule has 11 heteroatoms. The number of nitrogens with one attached hydrogen (secondary N) is 2. The molecule has 1 aromatic rings. The summed E-state index contributed by atoms with van der Waals surface area (Å²) in [7, 11) is 0. The van der Waals surface area contributed by atoms with Crippen molar-refractivity contribution in [3.8, 4) is 0 Å². The molecule has 2 aliphatic rings. The summed E-state index contributed by atoms with van der Waals surface area (Å²) >= 11 is 0. The van der Waals surface area contributed by atoms with Crippen LogP contribution >= 0.6 is 0 Å². The molecule has 2 aliphatic carbocycles. The normalized spacial score (nSPS) is 23.8. The molecule has 1 spiro atoms. The van der Waals surface area contributed by atoms with E-state index in [0.29, 0.717) is 16.3 Å². The molecular formula is C25H37F3N4O4. The van der Waals surface area contributed by atoms with Crippen LogP contribution < -0.4 is 15.5 Å². The van der Waals surface area contributed by atoms with E-state index in [2.05, 4.69) is 15.6 Å². The van der Waals surface area contributed by atoms with Gasteiger partial charge in [0.2, 0.25) is 0 Å². The van der Waals surface area contributed by atoms with Crippen LogP contribution in [0.5, 0.6) is 0 Å². The van der Waals surface area contributed by atoms with Gasteiger partial charge >= 0.3 is 18.4 Å². The van der Waals surface area contributed by atoms with Gasteiger partial charge in [0.15, 0.2) is 0 Å². The van der Waals surface area contributed by atoms with Gasteiger partial charge in [-0.2, -0.15) is 13.2 Å². The number of nitrogens with zero attached hydrogens (tertiary/aromatic N) is 2. The van der Waals surface area contributed by atoms with Crippen molar-refractivity contribution in [1.29, 1.82) is 0 Å². The highest BCUT2D eigenvalue weighted by Crippen LogP contribution is 2.56. The number of halogens is 3. The standard InChI is InChI=1S/C25H37F3N4O4/c1-15-18(8-9-19(29-15)32(14-25(26,27)28)21(34)36-23(5,6)7)30-16-10-24(11-16)12-17(13-24)31-20(33)35-22(2,3)4/h8-9,16-17,30H,10-14H2,1-7H3,(H,31,33). The van der Waals surface area contributed by atoms with Gasteiger partial charge < -0.3 is 20.1 Å². The Bertz CT molecular complexity index is 971. The van der Waals surface area contributed by atoms with Crippen LogP contribution in [-0.4, -0.2) is 53.2 Å². The van der Waals surface area contributed by atoms with Gasteiger partial charge in [0.25, 0.3) is 0 Å². The fourth-order valence-electron chi connectivity index (χ4n) is 4.79. The smallest absolute Gasteiger partial charge is 0.416 e. The van der Waals surface area contributed by atoms with Crippen molar-refractivity contribution in [3.63, 3.8) is 0 Å². The van der Waals surface area contributed by atoms with Crippen LogP contribution in [-0.2, 0) is 9.47 Å². The second kappa shape index (κ2) is 9.63. The van der Waals surface area contributed by atoms with Gasteiger partial charge in [0.05, 0.1) is 11.4 Å². The molecule has 0 aliphatic heterocycles. The number of hydrogen-bond acceptors (Lipinski definition) is 6. The molecule has 0 unspecified atom stereocenters. The molecule has 202 valence electrons. The Morgan fingerprint density at radius 2 is 1.56 bits per heavy atom. The van der Waals surface area contributed by atoms with Crippen molar-refractivity contribution in [2.45, 2.75) is 104 Å². The summed E-state index contributed by atoms with van der Waals surface area (Å²) < 4.78 is 49.9. The largest absolute Gasteiger partial charge is 0.444 e. The van der Waals surface area contributed by atoms with Gasteiger partial charge in [-0.05, 0) is 91.7 Å². The van der Waals surface area contributed by atoms with Crippen molar-refractivity contribution < 1.29 is 32.2 Å². The predicted molar refractivity (Wildman–Crippen MR) is 130 cm³/mol. The number of carbonyl (C=O) groups excluding carboxylic acids is 2. The zero-order valence-electron chi connectivity index (χ0n) is 22.0. The van der Waals surface area contributed by atoms with Crippen molar-refractivity contribution >= 4 is 23.7 Å². The Hall–Kier alpha value is -2.72. The summed E-state index contributed by atoms with van der Waals surface area (Å²) in [4.78, 5) is 29.2. The van der Waals surface area contributed by atoms with Gasteiger partial charge in [-0.3, -0.25) is 4.90 Å². The maximum atomic E-state index is 13.2. The molecule has 8 nitrogen and oxygen atoms in total. The quantitative estimate of drug-likeness (QED) is 0.505. The highest BCUT2D eigenvalue weighted by molar-refractivity contribution is 5.87. The van der Waals surface area contributed by atoms with Crippen LogP contribution in [0, 0.1) is 12.3 Å². The lowest BCUT2D eigenvalue weighted by Gasteiger charge is -2.58. The first-order valence-electron chi connectivity index (χ1n) is 12.1. The number of hydrogen-bond donors (Lipinski definition) is 2. The molecule has 2 amide bonds. The fourth-order valence-corrected chi connectivity index (χ4v) is 4.79. The molecule has 1 aromatic heterocycles. The van der Waals surface area contributed by atoms with E-state index >= 15 is 0 Å². The van der Waals surface area contributed by atoms with E-state index in [1.54, 1.807) is 33.8 Å². The molecule has 36 heavy (non-hydrogen) atoms. The second-order valence-corrected chi connectivity index (χ2v) is 12.0. The first-order valence-corrected chi connectivity index (χ1v) is 12.1. The Morgan fingerprint density at radius 1 is 1.00 bits per heavy atom. The summed E-state index contributed by atoms with van der Waals surface area (Å²) in [6, 6.07) is 3.35. The highest BCUT2D eigenvalue weighted by Gasteiger charge is 2.53. The van der Waals surface area contributed by atoms with E-state index in [0.717, 1.165) is 25.7 Å². The number of pyridine rings is 1. The third-order valence-electron chi connectivity index (χ3n) is 6.10. The van der Waals surface area contributed by atoms with Crippen LogP contribution in [0.3, 0.4) is 0 Å². The highest BCUT2D eigenvalue weighted by atomic mass is 19.4. The molecule has 0 aromatic carbocycles. The van der Waals surface area contributed by atoms with Gasteiger partial charge in [-0.25, -0.2) is 14.6 Å². The van der Waals surface area contributed by atoms with Crippen LogP contribution in [0.15, 0.2) is 12.1 Å². The molecule has 2 fully saturated rings. The van der Waals surface area contributed by atoms with Crippen molar-refractivity contribution in [3.05, 3.63) is 17.8 Å². The number of alkyl halides is 3. The summed E-state index contributed by atoms with van der Waals surface area (Å²) in [6.45, 7) is 10.4. The molecule has 3 rings (SSSR count). The number of anilines is 2. The molecule has 2 saturated carbocycles. The zero-order valence-corrected chi connectivity index (χ0v) is 22.0. The third-order valence-corrected chi connectivity index (χ3v) is 6.10. The SMILES string of the molecule is Cc1nc(N(CC(F)(F)F)C(=O)OC(C)(C)C)ccc1NC1CC2(CC(NC(=O)OC(C)(C)C)C2)C1. The van der Waals surface area contributed by atoms with Crippen LogP contribution in [0.2, 0.25) is 0 Å². The molecule has 0 bridgehead atoms. The number of aryl methyl sites for hydroxylation is 1. The van der Waals surface area contributed by atoms with E-state index in [4.69, 9.17) is 9.47 Å². The molecule has 0 saturated heterocycles. The monoisotopic (exact) mass is 514 g/mol. The average molecular weight is 515 g/mol. The zero-order chi connectivity index (χ0) is 27.1. The minimum absolute atomic E-state index is 0.107. The first-order chi connectivity index (χ1) is 16.3. The first kappa shape index (κ1) is 27.9. The Balaban J connectivity index is 1.55. The number of ether oxygens (including phenoxy) is 2. The minimum Gasteiger partial charge on any atom is -0.444 e. The summed E-state index contributed by atoms with van der Waals surface area (Å²) in [5, 5.41) is 6.32. The summed E-state index contributed by atoms with van der Waals surface area (Å²) in [5.74, 6) is -0.121. The van der Waals surface area contributed by atoms with Crippen LogP contribution in [0.1, 0.15) is 72.9 Å². The van der Waals surface area contributed by atoms with Crippen LogP contribution in [0.4, 0.5) is 34.3 Å². The van der Waals surface area contributed by atoms with E-state index in [1.807, 2.05) is 20.8 Å². The Kier molecular flexibility index (Phi) is 7.45. The number of aromatic nitrogens is 1. The van der Waals surface area contributed by atoms with Crippen molar-refractivity contribution in [2.24, 2.45) is 5.41 Å². The maximum absolute atomic E-state index is 13.2. The lowest BCUT2D eigenvalue weighted by atomic mass is 9.52. The van der Waals surface area contributed by atoms with Crippen molar-refractivity contribution in [1.82, 2.24) is 10.3 Å². The average Bonchev–Trinajstić information content (AvgIpc) is 2.60. The second-order valence-electron chi connectivity index (χ2n) is 12.0. The number of rotatable bonds is 5. The van der Waals surface area contributed by atoms with E-state index < -0.39 is 36.1 Å². The summed E-state index contributed by atoms with van der Waals surface area (Å²) in [5.41, 5.74) is -0.0889. The van der Waals surface area contributed by atoms with Gasteiger partial charge in [0.1, 0.15) is 23.6 Å². The van der Waals surface area contributed by atoms with Crippen LogP contribution in [0.25, 0.3) is 0 Å². The van der Waals surface area contributed by atoms with Gasteiger partial charge in [-0.15, -0.1) is 0 Å². The van der Waals surface area contributed by atoms with E-state index in [1.165, 1.54) is 6.07 Å². The van der Waals surface area contributed by atoms with E-state index in [-0.39, 0.29) is 23.3 Å². The number of carbonyl (C=O) groups is 2. The van der Waals surface area contributed by atoms with Gasteiger partial charge in [-0.1, -0.05) is 0 Å². The lowest BCUT2D eigenvalue weighted by molar-refractivity contribution is -0.119. The predicted octanol–water partition coefficient (Wildman–Crippen LogP) is 5.94. The molecular weight excluding hydrogens is 477 g/mol. The fraction of sp³-hybridized carbons (Fsp3) is 0.720. The third kappa shape index (κ3) is 7.64. The minimum atomic E-state index is -4.61. The maximum Gasteiger partial charge on any atom is 0.416 e. The summed E-state index contributed by atoms with van der Waals surface area (Å²) in [6.07, 6.45) is -2.47. The van der Waals surface area contributed by atoms with Gasteiger partial charge in [0, 0.05) is 12.1 Å². The lowest BCUT2D eigenvalue weighted by Crippen LogP contribution is -2.59. The van der Waals surface area contributed by atoms with E-state index in [9.17, 15) is 22.8 Å². The Labute approximate surface area is 210 Å². The molecule has 1 heterocycles. The molecule has 0 atom stereocenters.